The van der Waals surface area contributed by atoms with Crippen molar-refractivity contribution in [2.24, 2.45) is 5.92 Å². The van der Waals surface area contributed by atoms with Crippen molar-refractivity contribution in [1.29, 1.82) is 0 Å². The minimum absolute atomic E-state index is 0.215. The number of terminal acetylenes is 1. The zero-order valence-electron chi connectivity index (χ0n) is 11.3. The van der Waals surface area contributed by atoms with Crippen LogP contribution >= 0.6 is 0 Å². The molecule has 0 aromatic rings. The fourth-order valence-corrected chi connectivity index (χ4v) is 2.21. The topological polar surface area (TPSA) is 61.8 Å². The first kappa shape index (κ1) is 14.3. The number of hydrogen-bond donors (Lipinski definition) is 0. The molecule has 4 unspecified atom stereocenters. The third kappa shape index (κ3) is 3.93. The normalized spacial score (nSPS) is 32.8. The van der Waals surface area contributed by atoms with Gasteiger partial charge in [-0.1, -0.05) is 24.7 Å². The van der Waals surface area contributed by atoms with Crippen LogP contribution in [-0.2, 0) is 19.0 Å². The van der Waals surface area contributed by atoms with E-state index in [0.717, 1.165) is 6.42 Å². The van der Waals surface area contributed by atoms with Crippen LogP contribution in [-0.4, -0.2) is 30.4 Å². The molecule has 2 aliphatic heterocycles. The molecule has 0 N–H and O–H groups in total. The van der Waals surface area contributed by atoms with E-state index in [2.05, 4.69) is 17.8 Å². The Kier molecular flexibility index (Phi) is 4.53. The van der Waals surface area contributed by atoms with Gasteiger partial charge in [0.15, 0.2) is 12.2 Å². The number of hydrogen-bond acceptors (Lipinski definition) is 5. The van der Waals surface area contributed by atoms with Crippen LogP contribution in [0.5, 0.6) is 0 Å². The van der Waals surface area contributed by atoms with Gasteiger partial charge in [0, 0.05) is 19.3 Å². The molecule has 0 aliphatic carbocycles. The van der Waals surface area contributed by atoms with Gasteiger partial charge >= 0.3 is 12.1 Å². The smallest absolute Gasteiger partial charge is 0.449 e. The first-order valence-corrected chi connectivity index (χ1v) is 6.58. The molecule has 20 heavy (non-hydrogen) atoms. The van der Waals surface area contributed by atoms with Gasteiger partial charge in [-0.05, 0) is 12.3 Å². The number of ether oxygens (including phenoxy) is 3. The van der Waals surface area contributed by atoms with E-state index in [-0.39, 0.29) is 24.1 Å². The second-order valence-corrected chi connectivity index (χ2v) is 5.05. The number of cyclic esters (lactones) is 3. The second-order valence-electron chi connectivity index (χ2n) is 5.05. The second kappa shape index (κ2) is 6.34. The lowest BCUT2D eigenvalue weighted by Crippen LogP contribution is -2.33. The zero-order chi connectivity index (χ0) is 14.5. The van der Waals surface area contributed by atoms with Gasteiger partial charge in [0.2, 0.25) is 0 Å². The van der Waals surface area contributed by atoms with Crippen LogP contribution in [0, 0.1) is 30.1 Å². The molecule has 5 heteroatoms. The van der Waals surface area contributed by atoms with Crippen LogP contribution in [0.4, 0.5) is 4.79 Å². The van der Waals surface area contributed by atoms with Crippen molar-refractivity contribution < 1.29 is 23.8 Å². The molecule has 0 aromatic heterocycles. The summed E-state index contributed by atoms with van der Waals surface area (Å²) in [6, 6.07) is 0. The first-order valence-electron chi connectivity index (χ1n) is 6.58. The lowest BCUT2D eigenvalue weighted by atomic mass is 9.97. The zero-order valence-corrected chi connectivity index (χ0v) is 11.3. The average Bonchev–Trinajstić information content (AvgIpc) is 2.37. The van der Waals surface area contributed by atoms with Crippen LogP contribution in [0.2, 0.25) is 0 Å². The molecular formula is C15H16O5. The molecular weight excluding hydrogens is 260 g/mol. The summed E-state index contributed by atoms with van der Waals surface area (Å²) < 4.78 is 14.9. The Morgan fingerprint density at radius 3 is 2.70 bits per heavy atom. The summed E-state index contributed by atoms with van der Waals surface area (Å²) in [6.45, 7) is 1.99. The molecule has 0 bridgehead atoms. The largest absolute Gasteiger partial charge is 0.509 e. The van der Waals surface area contributed by atoms with Crippen molar-refractivity contribution in [2.75, 3.05) is 0 Å². The Labute approximate surface area is 117 Å². The summed E-state index contributed by atoms with van der Waals surface area (Å²) in [7, 11) is 0. The highest BCUT2D eigenvalue weighted by molar-refractivity contribution is 5.71. The minimum atomic E-state index is -0.760. The molecule has 2 heterocycles. The van der Waals surface area contributed by atoms with Crippen molar-refractivity contribution >= 4 is 12.1 Å². The molecule has 0 spiro atoms. The van der Waals surface area contributed by atoms with Gasteiger partial charge < -0.3 is 14.2 Å². The maximum atomic E-state index is 11.3. The van der Waals surface area contributed by atoms with Crippen LogP contribution in [0.15, 0.2) is 0 Å². The summed E-state index contributed by atoms with van der Waals surface area (Å²) >= 11 is 0. The molecule has 2 saturated heterocycles. The summed E-state index contributed by atoms with van der Waals surface area (Å²) in [6.07, 6.45) is 5.13. The van der Waals surface area contributed by atoms with Gasteiger partial charge in [-0.25, -0.2) is 4.79 Å². The van der Waals surface area contributed by atoms with Gasteiger partial charge in [-0.3, -0.25) is 4.79 Å². The summed E-state index contributed by atoms with van der Waals surface area (Å²) in [5, 5.41) is 0. The molecule has 4 atom stereocenters. The summed E-state index contributed by atoms with van der Waals surface area (Å²) in [5.74, 6) is 8.24. The van der Waals surface area contributed by atoms with E-state index in [4.69, 9.17) is 20.6 Å². The van der Waals surface area contributed by atoms with Gasteiger partial charge in [0.05, 0.1) is 0 Å². The van der Waals surface area contributed by atoms with Gasteiger partial charge in [-0.2, -0.15) is 0 Å². The quantitative estimate of drug-likeness (QED) is 0.538. The fourth-order valence-electron chi connectivity index (χ4n) is 2.21. The maximum Gasteiger partial charge on any atom is 0.509 e. The average molecular weight is 276 g/mol. The summed E-state index contributed by atoms with van der Waals surface area (Å²) in [4.78, 5) is 22.4. The first-order chi connectivity index (χ1) is 9.56. The van der Waals surface area contributed by atoms with E-state index in [1.807, 2.05) is 6.92 Å². The van der Waals surface area contributed by atoms with E-state index >= 15 is 0 Å². The predicted octanol–water partition coefficient (Wildman–Crippen LogP) is 1.65. The van der Waals surface area contributed by atoms with Crippen molar-refractivity contribution in [2.45, 2.75) is 50.9 Å². The fraction of sp³-hybridized carbons (Fsp3) is 0.600. The van der Waals surface area contributed by atoms with Crippen LogP contribution in [0.1, 0.15) is 32.6 Å². The number of carbonyl (C=O) groups excluding carboxylic acids is 2. The molecule has 2 aliphatic rings. The van der Waals surface area contributed by atoms with E-state index in [1.165, 1.54) is 0 Å². The summed E-state index contributed by atoms with van der Waals surface area (Å²) in [5.41, 5.74) is 0. The Balaban J connectivity index is 1.86. The molecule has 106 valence electrons. The molecule has 2 rings (SSSR count). The van der Waals surface area contributed by atoms with E-state index < -0.39 is 12.3 Å². The third-order valence-electron chi connectivity index (χ3n) is 3.16. The van der Waals surface area contributed by atoms with Crippen molar-refractivity contribution in [3.63, 3.8) is 0 Å². The van der Waals surface area contributed by atoms with Crippen molar-refractivity contribution in [3.8, 4) is 24.2 Å². The van der Waals surface area contributed by atoms with Crippen molar-refractivity contribution in [3.05, 3.63) is 0 Å². The molecule has 0 amide bonds. The molecule has 0 radical (unpaired) electrons. The van der Waals surface area contributed by atoms with Gasteiger partial charge in [0.1, 0.15) is 6.10 Å². The number of rotatable bonds is 1. The van der Waals surface area contributed by atoms with E-state index in [1.54, 1.807) is 0 Å². The molecule has 2 fully saturated rings. The Morgan fingerprint density at radius 1 is 1.20 bits per heavy atom. The SMILES string of the molecule is C#CC1CC(CC#CC2CC(C)CC(=O)O2)OC(=O)O1. The third-order valence-corrected chi connectivity index (χ3v) is 3.16. The Morgan fingerprint density at radius 2 is 2.00 bits per heavy atom. The van der Waals surface area contributed by atoms with Crippen LogP contribution in [0.3, 0.4) is 0 Å². The molecule has 5 nitrogen and oxygen atoms in total. The molecule has 0 aromatic carbocycles. The minimum Gasteiger partial charge on any atom is -0.449 e. The predicted molar refractivity (Wildman–Crippen MR) is 69.3 cm³/mol. The molecule has 0 saturated carbocycles. The highest BCUT2D eigenvalue weighted by Crippen LogP contribution is 2.20. The lowest BCUT2D eigenvalue weighted by molar-refractivity contribution is -0.152. The van der Waals surface area contributed by atoms with Gasteiger partial charge in [-0.15, -0.1) is 6.42 Å². The highest BCUT2D eigenvalue weighted by atomic mass is 16.7. The van der Waals surface area contributed by atoms with E-state index in [0.29, 0.717) is 19.3 Å². The van der Waals surface area contributed by atoms with Crippen molar-refractivity contribution in [1.82, 2.24) is 0 Å². The van der Waals surface area contributed by atoms with Crippen LogP contribution < -0.4 is 0 Å². The monoisotopic (exact) mass is 276 g/mol. The maximum absolute atomic E-state index is 11.3. The Hall–Kier alpha value is -2.14. The standard InChI is InChI=1S/C15H16O5/c1-3-11-9-13(20-15(17)19-11)6-4-5-12-7-10(2)8-14(16)18-12/h1,10-13H,6-9H2,2H3. The Bertz CT molecular complexity index is 493. The van der Waals surface area contributed by atoms with Crippen LogP contribution in [0.25, 0.3) is 0 Å². The number of carbonyl (C=O) groups is 2. The lowest BCUT2D eigenvalue weighted by Gasteiger charge is -2.25. The van der Waals surface area contributed by atoms with Gasteiger partial charge in [0.25, 0.3) is 0 Å². The number of esters is 1. The van der Waals surface area contributed by atoms with E-state index in [9.17, 15) is 9.59 Å². The highest BCUT2D eigenvalue weighted by Gasteiger charge is 2.28.